The second-order valence-electron chi connectivity index (χ2n) is 6.33. The number of carbonyl (C=O) groups is 1. The van der Waals surface area contributed by atoms with E-state index in [1.807, 2.05) is 31.2 Å². The molecule has 0 spiro atoms. The van der Waals surface area contributed by atoms with Crippen LogP contribution in [0.1, 0.15) is 47.3 Å². The molecule has 24 heavy (non-hydrogen) atoms. The third-order valence-electron chi connectivity index (χ3n) is 4.37. The fourth-order valence-corrected chi connectivity index (χ4v) is 2.88. The molecular formula is C19H24N4O. The molecule has 1 amide bonds. The van der Waals surface area contributed by atoms with Gasteiger partial charge in [0.25, 0.3) is 5.91 Å². The zero-order valence-electron chi connectivity index (χ0n) is 14.2. The molecule has 1 N–H and O–H groups in total. The molecule has 1 saturated heterocycles. The maximum absolute atomic E-state index is 12.2. The third-order valence-corrected chi connectivity index (χ3v) is 4.37. The van der Waals surface area contributed by atoms with Crippen molar-refractivity contribution in [3.05, 3.63) is 53.5 Å². The highest BCUT2D eigenvalue weighted by Gasteiger charge is 2.13. The summed E-state index contributed by atoms with van der Waals surface area (Å²) in [4.78, 5) is 23.2. The zero-order valence-corrected chi connectivity index (χ0v) is 14.2. The molecule has 1 aromatic heterocycles. The summed E-state index contributed by atoms with van der Waals surface area (Å²) in [5, 5.41) is 2.89. The van der Waals surface area contributed by atoms with E-state index in [1.54, 1.807) is 12.4 Å². The number of nitrogens with one attached hydrogen (secondary N) is 1. The Morgan fingerprint density at radius 3 is 2.38 bits per heavy atom. The summed E-state index contributed by atoms with van der Waals surface area (Å²) < 4.78 is 0. The molecule has 0 saturated carbocycles. The molecule has 1 fully saturated rings. The summed E-state index contributed by atoms with van der Waals surface area (Å²) in [5.41, 5.74) is 2.64. The molecule has 0 radical (unpaired) electrons. The number of aromatic nitrogens is 2. The number of benzene rings is 1. The Morgan fingerprint density at radius 2 is 1.75 bits per heavy atom. The van der Waals surface area contributed by atoms with E-state index in [9.17, 15) is 4.79 Å². The van der Waals surface area contributed by atoms with Gasteiger partial charge >= 0.3 is 0 Å². The highest BCUT2D eigenvalue weighted by Crippen LogP contribution is 2.16. The van der Waals surface area contributed by atoms with Gasteiger partial charge < -0.3 is 10.2 Å². The summed E-state index contributed by atoms with van der Waals surface area (Å²) in [5.74, 6) is 0.678. The van der Waals surface area contributed by atoms with Crippen LogP contribution in [0.5, 0.6) is 0 Å². The van der Waals surface area contributed by atoms with Crippen molar-refractivity contribution in [2.75, 3.05) is 18.0 Å². The first-order valence-electron chi connectivity index (χ1n) is 8.63. The lowest BCUT2D eigenvalue weighted by Crippen LogP contribution is -2.27. The molecule has 126 valence electrons. The minimum absolute atomic E-state index is 0.189. The maximum atomic E-state index is 12.2. The Hall–Kier alpha value is -2.43. The molecule has 2 heterocycles. The predicted molar refractivity (Wildman–Crippen MR) is 95.1 cm³/mol. The summed E-state index contributed by atoms with van der Waals surface area (Å²) in [7, 11) is 0. The molecule has 2 aromatic rings. The number of carbonyl (C=O) groups excluding carboxylic acids is 1. The monoisotopic (exact) mass is 324 g/mol. The van der Waals surface area contributed by atoms with Gasteiger partial charge in [-0.15, -0.1) is 0 Å². The molecular weight excluding hydrogens is 300 g/mol. The first-order chi connectivity index (χ1) is 11.7. The zero-order chi connectivity index (χ0) is 16.8. The van der Waals surface area contributed by atoms with E-state index in [2.05, 4.69) is 20.2 Å². The number of rotatable bonds is 4. The van der Waals surface area contributed by atoms with Crippen LogP contribution in [0.4, 0.5) is 5.82 Å². The summed E-state index contributed by atoms with van der Waals surface area (Å²) >= 11 is 0. The number of amides is 1. The van der Waals surface area contributed by atoms with Crippen LogP contribution in [0.3, 0.4) is 0 Å². The number of nitrogens with zero attached hydrogens (tertiary/aromatic N) is 3. The highest BCUT2D eigenvalue weighted by atomic mass is 16.1. The Morgan fingerprint density at radius 1 is 1.04 bits per heavy atom. The first kappa shape index (κ1) is 16.4. The van der Waals surface area contributed by atoms with Gasteiger partial charge in [0.15, 0.2) is 0 Å². The van der Waals surface area contributed by atoms with Crippen LogP contribution in [0.2, 0.25) is 0 Å². The van der Waals surface area contributed by atoms with Crippen molar-refractivity contribution in [1.29, 1.82) is 0 Å². The van der Waals surface area contributed by atoms with Crippen LogP contribution < -0.4 is 10.2 Å². The minimum Gasteiger partial charge on any atom is -0.355 e. The van der Waals surface area contributed by atoms with Gasteiger partial charge in [-0.05, 0) is 25.3 Å². The predicted octanol–water partition coefficient (Wildman–Crippen LogP) is 3.10. The van der Waals surface area contributed by atoms with E-state index in [1.165, 1.54) is 31.2 Å². The van der Waals surface area contributed by atoms with E-state index < -0.39 is 0 Å². The van der Waals surface area contributed by atoms with Gasteiger partial charge in [0, 0.05) is 19.6 Å². The van der Waals surface area contributed by atoms with Gasteiger partial charge in [-0.3, -0.25) is 4.79 Å². The second kappa shape index (κ2) is 7.90. The SMILES string of the molecule is Cc1ccc(CNC(=O)c2cnc(N3CCCCCC3)cn2)cc1. The Bertz CT molecular complexity index is 659. The molecule has 5 nitrogen and oxygen atoms in total. The molecule has 0 unspecified atom stereocenters. The molecule has 1 aliphatic heterocycles. The molecule has 5 heteroatoms. The standard InChI is InChI=1S/C19H24N4O/c1-15-6-8-16(9-7-15)12-22-19(24)17-13-21-18(14-20-17)23-10-4-2-3-5-11-23/h6-9,13-14H,2-5,10-12H2,1H3,(H,22,24). The van der Waals surface area contributed by atoms with Crippen molar-refractivity contribution in [2.24, 2.45) is 0 Å². The Balaban J connectivity index is 1.58. The van der Waals surface area contributed by atoms with Crippen molar-refractivity contribution in [2.45, 2.75) is 39.2 Å². The van der Waals surface area contributed by atoms with Crippen molar-refractivity contribution in [1.82, 2.24) is 15.3 Å². The van der Waals surface area contributed by atoms with Gasteiger partial charge in [-0.1, -0.05) is 42.7 Å². The fraction of sp³-hybridized carbons (Fsp3) is 0.421. The van der Waals surface area contributed by atoms with Gasteiger partial charge in [0.1, 0.15) is 11.5 Å². The van der Waals surface area contributed by atoms with Crippen LogP contribution in [0.25, 0.3) is 0 Å². The third kappa shape index (κ3) is 4.31. The Labute approximate surface area is 143 Å². The number of anilines is 1. The Kier molecular flexibility index (Phi) is 5.41. The normalized spacial score (nSPS) is 15.0. The summed E-state index contributed by atoms with van der Waals surface area (Å²) in [6.07, 6.45) is 8.24. The number of hydrogen-bond acceptors (Lipinski definition) is 4. The van der Waals surface area contributed by atoms with Crippen LogP contribution in [0.15, 0.2) is 36.7 Å². The molecule has 3 rings (SSSR count). The van der Waals surface area contributed by atoms with Crippen molar-refractivity contribution >= 4 is 11.7 Å². The second-order valence-corrected chi connectivity index (χ2v) is 6.33. The van der Waals surface area contributed by atoms with E-state index >= 15 is 0 Å². The van der Waals surface area contributed by atoms with Crippen LogP contribution in [-0.4, -0.2) is 29.0 Å². The summed E-state index contributed by atoms with van der Waals surface area (Å²) in [6.45, 7) is 4.58. The molecule has 0 aliphatic carbocycles. The average Bonchev–Trinajstić information content (AvgIpc) is 2.90. The molecule has 0 atom stereocenters. The molecule has 1 aliphatic rings. The fourth-order valence-electron chi connectivity index (χ4n) is 2.88. The number of aryl methyl sites for hydroxylation is 1. The van der Waals surface area contributed by atoms with Crippen LogP contribution in [-0.2, 0) is 6.54 Å². The highest BCUT2D eigenvalue weighted by molar-refractivity contribution is 5.91. The van der Waals surface area contributed by atoms with Gasteiger partial charge in [0.05, 0.1) is 12.4 Å². The maximum Gasteiger partial charge on any atom is 0.271 e. The summed E-state index contributed by atoms with van der Waals surface area (Å²) in [6, 6.07) is 8.11. The molecule has 0 bridgehead atoms. The van der Waals surface area contributed by atoms with E-state index in [0.29, 0.717) is 12.2 Å². The van der Waals surface area contributed by atoms with Crippen molar-refractivity contribution < 1.29 is 4.79 Å². The van der Waals surface area contributed by atoms with Crippen LogP contribution >= 0.6 is 0 Å². The van der Waals surface area contributed by atoms with Gasteiger partial charge in [-0.2, -0.15) is 0 Å². The lowest BCUT2D eigenvalue weighted by Gasteiger charge is -2.20. The van der Waals surface area contributed by atoms with E-state index in [-0.39, 0.29) is 5.91 Å². The quantitative estimate of drug-likeness (QED) is 0.939. The lowest BCUT2D eigenvalue weighted by molar-refractivity contribution is 0.0945. The molecule has 1 aromatic carbocycles. The first-order valence-corrected chi connectivity index (χ1v) is 8.63. The largest absolute Gasteiger partial charge is 0.355 e. The average molecular weight is 324 g/mol. The lowest BCUT2D eigenvalue weighted by atomic mass is 10.1. The smallest absolute Gasteiger partial charge is 0.271 e. The van der Waals surface area contributed by atoms with Gasteiger partial charge in [0.2, 0.25) is 0 Å². The minimum atomic E-state index is -0.189. The van der Waals surface area contributed by atoms with Crippen molar-refractivity contribution in [3.8, 4) is 0 Å². The number of hydrogen-bond donors (Lipinski definition) is 1. The van der Waals surface area contributed by atoms with Crippen LogP contribution in [0, 0.1) is 6.92 Å². The topological polar surface area (TPSA) is 58.1 Å². The van der Waals surface area contributed by atoms with E-state index in [0.717, 1.165) is 24.5 Å². The van der Waals surface area contributed by atoms with Crippen molar-refractivity contribution in [3.63, 3.8) is 0 Å². The van der Waals surface area contributed by atoms with Gasteiger partial charge in [-0.25, -0.2) is 9.97 Å². The van der Waals surface area contributed by atoms with E-state index in [4.69, 9.17) is 0 Å².